The first kappa shape index (κ1) is 23.2. The highest BCUT2D eigenvalue weighted by Crippen LogP contribution is 2.49. The molecule has 1 aliphatic rings. The maximum absolute atomic E-state index is 9.06. The van der Waals surface area contributed by atoms with Crippen molar-refractivity contribution in [3.63, 3.8) is 0 Å². The molecular weight excluding hydrogens is 554 g/mol. The monoisotopic (exact) mass is 608 g/mol. The number of nitrogens with zero attached hydrogens (tertiary/aromatic N) is 1. The molecule has 0 spiro atoms. The highest BCUT2D eigenvalue weighted by atomic mass is 32.1. The Bertz CT molecular complexity index is 1900. The molecule has 0 bridgehead atoms. The highest BCUT2D eigenvalue weighted by molar-refractivity contribution is 7.22. The lowest BCUT2D eigenvalue weighted by atomic mass is 9.85. The van der Waals surface area contributed by atoms with Crippen LogP contribution < -0.4 is 18.9 Å². The number of likely N-dealkylation sites (tertiary alicyclic amines) is 1. The quantitative estimate of drug-likeness (QED) is 0.179. The van der Waals surface area contributed by atoms with E-state index >= 15 is 0 Å². The van der Waals surface area contributed by atoms with Crippen LogP contribution in [-0.2, 0) is 0 Å². The van der Waals surface area contributed by atoms with E-state index in [1.807, 2.05) is 13.0 Å². The fourth-order valence-electron chi connectivity index (χ4n) is 6.29. The molecular formula is C37H47NO4S. The molecule has 5 nitrogen and oxygen atoms in total. The molecule has 230 valence electrons. The Balaban J connectivity index is 1.64. The topological polar surface area (TPSA) is 40.2 Å². The lowest BCUT2D eigenvalue weighted by Crippen LogP contribution is -2.57. The van der Waals surface area contributed by atoms with E-state index in [4.69, 9.17) is 28.5 Å². The Kier molecular flexibility index (Phi) is 6.90. The minimum atomic E-state index is -0.269. The second kappa shape index (κ2) is 12.8. The van der Waals surface area contributed by atoms with Crippen LogP contribution >= 0.6 is 11.3 Å². The summed E-state index contributed by atoms with van der Waals surface area (Å²) in [7, 11) is 1.50. The Labute approximate surface area is 271 Å². The van der Waals surface area contributed by atoms with Gasteiger partial charge < -0.3 is 18.9 Å². The summed E-state index contributed by atoms with van der Waals surface area (Å²) >= 11 is 1.17. The number of hydrogen-bond donors (Lipinski definition) is 0. The number of thiophene rings is 1. The van der Waals surface area contributed by atoms with Crippen molar-refractivity contribution in [3.8, 4) is 39.2 Å². The van der Waals surface area contributed by atoms with Gasteiger partial charge in [0.1, 0.15) is 29.6 Å². The molecule has 1 saturated heterocycles. The predicted octanol–water partition coefficient (Wildman–Crippen LogP) is 10.1. The largest absolute Gasteiger partial charge is 0.496 e. The van der Waals surface area contributed by atoms with E-state index in [0.717, 1.165) is 12.8 Å². The van der Waals surface area contributed by atoms with E-state index in [2.05, 4.69) is 32.6 Å². The number of benzene rings is 3. The smallest absolute Gasteiger partial charge is 0.153 e. The molecule has 0 aliphatic carbocycles. The van der Waals surface area contributed by atoms with Gasteiger partial charge in [-0.1, -0.05) is 6.42 Å². The fraction of sp³-hybridized carbons (Fsp3) is 0.459. The lowest BCUT2D eigenvalue weighted by Gasteiger charge is -2.49. The second-order valence-electron chi connectivity index (χ2n) is 12.0. The summed E-state index contributed by atoms with van der Waals surface area (Å²) in [6, 6.07) is 1.30. The highest BCUT2D eigenvalue weighted by Gasteiger charge is 2.37. The molecule has 6 heteroatoms. The van der Waals surface area contributed by atoms with Crippen molar-refractivity contribution in [3.05, 3.63) is 65.1 Å². The van der Waals surface area contributed by atoms with Crippen molar-refractivity contribution in [2.24, 2.45) is 0 Å². The number of aryl methyl sites for hydroxylation is 1. The van der Waals surface area contributed by atoms with Gasteiger partial charge in [0.05, 0.1) is 28.2 Å². The Morgan fingerprint density at radius 2 is 1.72 bits per heavy atom. The first-order valence-corrected chi connectivity index (χ1v) is 15.8. The van der Waals surface area contributed by atoms with Gasteiger partial charge in [0.2, 0.25) is 0 Å². The third-order valence-corrected chi connectivity index (χ3v) is 9.33. The SMILES string of the molecule is [2H]c1c([2H])c(Oc2c(-c3c([2H])c([2H])c(OCC)c([2H])c3C)sc3c([2H])c(OC)c(C)cc23)c(C)c([2H])c1OCC(C)N1C(C)CCCC1(C)C. The molecule has 0 saturated carbocycles. The molecule has 0 amide bonds. The van der Waals surface area contributed by atoms with Gasteiger partial charge in [-0.3, -0.25) is 4.90 Å². The normalized spacial score (nSPS) is 19.8. The van der Waals surface area contributed by atoms with Crippen molar-refractivity contribution < 1.29 is 28.5 Å². The minimum Gasteiger partial charge on any atom is -0.496 e. The molecule has 1 aliphatic heterocycles. The number of rotatable bonds is 10. The van der Waals surface area contributed by atoms with E-state index in [0.29, 0.717) is 43.4 Å². The number of piperidine rings is 1. The minimum absolute atomic E-state index is 0.00734. The van der Waals surface area contributed by atoms with Crippen molar-refractivity contribution in [1.82, 2.24) is 4.90 Å². The summed E-state index contributed by atoms with van der Waals surface area (Å²) in [5.41, 5.74) is 1.65. The molecule has 2 atom stereocenters. The third-order valence-electron chi connectivity index (χ3n) is 8.21. The molecule has 1 fully saturated rings. The third kappa shape index (κ3) is 6.51. The van der Waals surface area contributed by atoms with Crippen molar-refractivity contribution in [2.75, 3.05) is 20.3 Å². The van der Waals surface area contributed by atoms with Gasteiger partial charge in [-0.25, -0.2) is 0 Å². The standard InChI is InChI=1S/C37H47NO4S/c1-10-40-28-13-15-30(23(2)18-28)36-35(31-20-25(4)33(39-9)21-34(31)43-36)42-32-16-14-29(19-24(32)3)41-22-27(6)38-26(5)12-11-17-37(38,7)8/h13-16,18-21,26-27H,10-12,17,22H2,1-9H3/i13D,14D,15D,16D,18D,19D,21D. The maximum Gasteiger partial charge on any atom is 0.153 e. The Morgan fingerprint density at radius 3 is 2.44 bits per heavy atom. The molecule has 3 aromatic carbocycles. The first-order chi connectivity index (χ1) is 23.5. The summed E-state index contributed by atoms with van der Waals surface area (Å²) in [4.78, 5) is 2.84. The van der Waals surface area contributed by atoms with Crippen molar-refractivity contribution >= 4 is 21.4 Å². The predicted molar refractivity (Wildman–Crippen MR) is 180 cm³/mol. The van der Waals surface area contributed by atoms with E-state index < -0.39 is 0 Å². The van der Waals surface area contributed by atoms with Crippen LogP contribution in [0.1, 0.15) is 80.2 Å². The van der Waals surface area contributed by atoms with Gasteiger partial charge in [0, 0.05) is 27.7 Å². The van der Waals surface area contributed by atoms with Crippen molar-refractivity contribution in [1.29, 1.82) is 0 Å². The van der Waals surface area contributed by atoms with Gasteiger partial charge in [-0.2, -0.15) is 0 Å². The van der Waals surface area contributed by atoms with Crippen LogP contribution in [0.25, 0.3) is 20.5 Å². The molecule has 0 N–H and O–H groups in total. The number of fused-ring (bicyclic) bond motifs is 1. The second-order valence-corrected chi connectivity index (χ2v) is 13.0. The average molecular weight is 609 g/mol. The number of methoxy groups -OCH3 is 1. The Hall–Kier alpha value is -3.22. The molecule has 43 heavy (non-hydrogen) atoms. The zero-order valence-electron chi connectivity index (χ0n) is 33.8. The summed E-state index contributed by atoms with van der Waals surface area (Å²) in [5, 5.41) is 0.517. The first-order valence-electron chi connectivity index (χ1n) is 18.5. The van der Waals surface area contributed by atoms with Crippen LogP contribution in [0.5, 0.6) is 28.7 Å². The zero-order chi connectivity index (χ0) is 37.0. The van der Waals surface area contributed by atoms with Gasteiger partial charge in [-0.05, 0) is 139 Å². The van der Waals surface area contributed by atoms with Crippen LogP contribution in [0.2, 0.25) is 0 Å². The average Bonchev–Trinajstić information content (AvgIpc) is 3.40. The summed E-state index contributed by atoms with van der Waals surface area (Å²) in [6.07, 6.45) is 3.34. The van der Waals surface area contributed by atoms with Gasteiger partial charge in [0.15, 0.2) is 5.75 Å². The Morgan fingerprint density at radius 1 is 1.00 bits per heavy atom. The molecule has 5 rings (SSSR count). The van der Waals surface area contributed by atoms with E-state index in [9.17, 15) is 0 Å². The molecule has 1 aromatic heterocycles. The lowest BCUT2D eigenvalue weighted by molar-refractivity contribution is -0.0169. The number of ether oxygens (including phenoxy) is 4. The molecule has 4 aromatic rings. The van der Waals surface area contributed by atoms with E-state index in [-0.39, 0.29) is 95.7 Å². The van der Waals surface area contributed by atoms with Crippen LogP contribution in [0.4, 0.5) is 0 Å². The molecule has 2 heterocycles. The van der Waals surface area contributed by atoms with E-state index in [1.54, 1.807) is 20.8 Å². The van der Waals surface area contributed by atoms with Gasteiger partial charge >= 0.3 is 0 Å². The molecule has 2 unspecified atom stereocenters. The van der Waals surface area contributed by atoms with Crippen LogP contribution in [0.15, 0.2) is 48.4 Å². The zero-order valence-corrected chi connectivity index (χ0v) is 27.6. The summed E-state index contributed by atoms with van der Waals surface area (Å²) in [5.74, 6) is 0.617. The van der Waals surface area contributed by atoms with Crippen LogP contribution in [-0.4, -0.2) is 42.8 Å². The summed E-state index contributed by atoms with van der Waals surface area (Å²) in [6.45, 7) is 16.2. The number of hydrogen-bond acceptors (Lipinski definition) is 6. The van der Waals surface area contributed by atoms with Crippen LogP contribution in [0.3, 0.4) is 0 Å². The van der Waals surface area contributed by atoms with Gasteiger partial charge in [0.25, 0.3) is 0 Å². The van der Waals surface area contributed by atoms with Crippen molar-refractivity contribution in [2.45, 2.75) is 92.3 Å². The maximum atomic E-state index is 9.06. The fourth-order valence-corrected chi connectivity index (χ4v) is 7.45. The molecule has 0 radical (unpaired) electrons. The summed E-state index contributed by atoms with van der Waals surface area (Å²) < 4.78 is 86.8. The van der Waals surface area contributed by atoms with E-state index in [1.165, 1.54) is 24.9 Å². The van der Waals surface area contributed by atoms with Crippen LogP contribution in [0, 0.1) is 20.8 Å². The van der Waals surface area contributed by atoms with Gasteiger partial charge in [-0.15, -0.1) is 11.3 Å².